The van der Waals surface area contributed by atoms with Crippen molar-refractivity contribution in [3.8, 4) is 0 Å². The summed E-state index contributed by atoms with van der Waals surface area (Å²) in [5, 5.41) is 13.9. The first-order valence-electron chi connectivity index (χ1n) is 11.5. The summed E-state index contributed by atoms with van der Waals surface area (Å²) in [5.41, 5.74) is 0.580. The van der Waals surface area contributed by atoms with E-state index in [0.717, 1.165) is 15.9 Å². The van der Waals surface area contributed by atoms with E-state index in [1.54, 1.807) is 25.1 Å². The third-order valence-electron chi connectivity index (χ3n) is 5.84. The predicted molar refractivity (Wildman–Crippen MR) is 139 cm³/mol. The molecule has 3 aromatic rings. The number of nitrogens with zero attached hydrogens (tertiary/aromatic N) is 3. The highest BCUT2D eigenvalue weighted by Gasteiger charge is 2.32. The Morgan fingerprint density at radius 2 is 1.59 bits per heavy atom. The lowest BCUT2D eigenvalue weighted by Gasteiger charge is -2.31. The molecular weight excluding hydrogens is 496 g/mol. The molecule has 11 heteroatoms. The van der Waals surface area contributed by atoms with Gasteiger partial charge in [-0.15, -0.1) is 0 Å². The van der Waals surface area contributed by atoms with E-state index in [1.165, 1.54) is 42.3 Å². The van der Waals surface area contributed by atoms with Crippen LogP contribution in [-0.2, 0) is 26.0 Å². The maximum Gasteiger partial charge on any atom is 0.271 e. The van der Waals surface area contributed by atoms with Gasteiger partial charge in [0.15, 0.2) is 0 Å². The molecule has 0 aliphatic rings. The molecule has 0 heterocycles. The number of non-ortho nitro benzene ring substituents is 1. The van der Waals surface area contributed by atoms with E-state index in [-0.39, 0.29) is 22.8 Å². The number of carbonyl (C=O) groups is 2. The molecule has 2 amide bonds. The number of hydrogen-bond donors (Lipinski definition) is 1. The van der Waals surface area contributed by atoms with E-state index in [2.05, 4.69) is 5.32 Å². The Bertz CT molecular complexity index is 1350. The van der Waals surface area contributed by atoms with Crippen molar-refractivity contribution in [3.05, 3.63) is 101 Å². The summed E-state index contributed by atoms with van der Waals surface area (Å²) in [6.45, 7) is 1.06. The number of anilines is 1. The van der Waals surface area contributed by atoms with Crippen LogP contribution in [0.5, 0.6) is 0 Å². The minimum absolute atomic E-state index is 0.0398. The van der Waals surface area contributed by atoms with Crippen LogP contribution in [0.3, 0.4) is 0 Å². The molecule has 0 fully saturated rings. The number of likely N-dealkylation sites (N-methyl/N-ethyl adjacent to an activating group) is 1. The summed E-state index contributed by atoms with van der Waals surface area (Å²) in [6, 6.07) is 21.1. The maximum absolute atomic E-state index is 13.6. The molecule has 10 nitrogen and oxygen atoms in total. The van der Waals surface area contributed by atoms with Crippen LogP contribution in [0.2, 0.25) is 0 Å². The van der Waals surface area contributed by atoms with Crippen LogP contribution < -0.4 is 9.62 Å². The maximum atomic E-state index is 13.6. The highest BCUT2D eigenvalue weighted by atomic mass is 32.2. The van der Waals surface area contributed by atoms with E-state index in [0.29, 0.717) is 6.42 Å². The fraction of sp³-hybridized carbons (Fsp3) is 0.231. The molecule has 0 aromatic heterocycles. The van der Waals surface area contributed by atoms with Gasteiger partial charge in [-0.25, -0.2) is 8.42 Å². The average molecular weight is 525 g/mol. The molecule has 0 aliphatic heterocycles. The van der Waals surface area contributed by atoms with Crippen LogP contribution in [0, 0.1) is 10.1 Å². The van der Waals surface area contributed by atoms with Crippen LogP contribution >= 0.6 is 0 Å². The van der Waals surface area contributed by atoms with Crippen molar-refractivity contribution < 1.29 is 22.9 Å². The Morgan fingerprint density at radius 1 is 0.973 bits per heavy atom. The lowest BCUT2D eigenvalue weighted by atomic mass is 10.1. The molecule has 0 saturated heterocycles. The molecular formula is C26H28N4O6S. The Labute approximate surface area is 215 Å². The fourth-order valence-corrected chi connectivity index (χ4v) is 5.22. The van der Waals surface area contributed by atoms with Gasteiger partial charge in [-0.2, -0.15) is 0 Å². The highest BCUT2D eigenvalue weighted by Crippen LogP contribution is 2.27. The number of amides is 2. The van der Waals surface area contributed by atoms with Crippen LogP contribution in [0.1, 0.15) is 12.5 Å². The minimum atomic E-state index is -4.28. The molecule has 0 saturated carbocycles. The zero-order valence-corrected chi connectivity index (χ0v) is 21.3. The summed E-state index contributed by atoms with van der Waals surface area (Å²) < 4.78 is 28.1. The topological polar surface area (TPSA) is 130 Å². The first-order chi connectivity index (χ1) is 17.6. The summed E-state index contributed by atoms with van der Waals surface area (Å²) in [6.07, 6.45) is 0.441. The molecule has 1 atom stereocenters. The van der Waals surface area contributed by atoms with Crippen molar-refractivity contribution in [1.29, 1.82) is 0 Å². The number of carbonyl (C=O) groups excluding carboxylic acids is 2. The fourth-order valence-electron chi connectivity index (χ4n) is 3.79. The third-order valence-corrected chi connectivity index (χ3v) is 7.62. The second kappa shape index (κ2) is 12.1. The van der Waals surface area contributed by atoms with Crippen LogP contribution in [0.15, 0.2) is 89.8 Å². The number of rotatable bonds is 11. The van der Waals surface area contributed by atoms with E-state index >= 15 is 0 Å². The second-order valence-electron chi connectivity index (χ2n) is 8.21. The Balaban J connectivity index is 2.00. The molecule has 3 aromatic carbocycles. The van der Waals surface area contributed by atoms with Gasteiger partial charge in [-0.05, 0) is 37.1 Å². The third kappa shape index (κ3) is 6.70. The van der Waals surface area contributed by atoms with Gasteiger partial charge in [0.2, 0.25) is 11.8 Å². The normalized spacial score (nSPS) is 11.8. The minimum Gasteiger partial charge on any atom is -0.357 e. The molecule has 0 spiro atoms. The number of hydrogen-bond acceptors (Lipinski definition) is 6. The van der Waals surface area contributed by atoms with Gasteiger partial charge in [-0.1, -0.05) is 54.6 Å². The van der Waals surface area contributed by atoms with E-state index in [9.17, 15) is 28.1 Å². The zero-order valence-electron chi connectivity index (χ0n) is 20.5. The molecule has 0 radical (unpaired) electrons. The number of nitro groups is 1. The van der Waals surface area contributed by atoms with E-state index in [4.69, 9.17) is 0 Å². The van der Waals surface area contributed by atoms with Crippen LogP contribution in [0.4, 0.5) is 11.4 Å². The van der Waals surface area contributed by atoms with Crippen LogP contribution in [0.25, 0.3) is 0 Å². The number of benzene rings is 3. The smallest absolute Gasteiger partial charge is 0.271 e. The summed E-state index contributed by atoms with van der Waals surface area (Å²) >= 11 is 0. The molecule has 37 heavy (non-hydrogen) atoms. The van der Waals surface area contributed by atoms with Crippen molar-refractivity contribution >= 4 is 33.2 Å². The van der Waals surface area contributed by atoms with Crippen LogP contribution in [-0.4, -0.2) is 56.2 Å². The lowest BCUT2D eigenvalue weighted by Crippen LogP contribution is -2.51. The van der Waals surface area contributed by atoms with Crippen molar-refractivity contribution in [2.24, 2.45) is 0 Å². The number of nitrogens with one attached hydrogen (secondary N) is 1. The standard InChI is InChI=1S/C26H28N4O6S/c1-20(26(32)27-2)28(17-16-21-10-5-3-6-11-21)25(31)19-29(22-12-9-13-23(18-22)30(33)34)37(35,36)24-14-7-4-8-15-24/h3-15,18,20H,16-17,19H2,1-2H3,(H,27,32). The second-order valence-corrected chi connectivity index (χ2v) is 10.1. The largest absolute Gasteiger partial charge is 0.357 e. The van der Waals surface area contributed by atoms with Gasteiger partial charge in [0.1, 0.15) is 12.6 Å². The lowest BCUT2D eigenvalue weighted by molar-refractivity contribution is -0.384. The summed E-state index contributed by atoms with van der Waals surface area (Å²) in [5.74, 6) is -1.03. The summed E-state index contributed by atoms with van der Waals surface area (Å²) in [4.78, 5) is 38.0. The van der Waals surface area contributed by atoms with Gasteiger partial charge in [-0.3, -0.25) is 24.0 Å². The monoisotopic (exact) mass is 524 g/mol. The van der Waals surface area contributed by atoms with Gasteiger partial charge in [0.25, 0.3) is 15.7 Å². The van der Waals surface area contributed by atoms with Gasteiger partial charge in [0, 0.05) is 25.7 Å². The van der Waals surface area contributed by atoms with Crippen molar-refractivity contribution in [2.45, 2.75) is 24.3 Å². The van der Waals surface area contributed by atoms with E-state index < -0.39 is 39.3 Å². The number of nitro benzene ring substituents is 1. The van der Waals surface area contributed by atoms with E-state index in [1.807, 2.05) is 30.3 Å². The first-order valence-corrected chi connectivity index (χ1v) is 13.0. The Morgan fingerprint density at radius 3 is 2.19 bits per heavy atom. The van der Waals surface area contributed by atoms with Gasteiger partial charge < -0.3 is 10.2 Å². The quantitative estimate of drug-likeness (QED) is 0.303. The highest BCUT2D eigenvalue weighted by molar-refractivity contribution is 7.92. The molecule has 3 rings (SSSR count). The first kappa shape index (κ1) is 27.3. The van der Waals surface area contributed by atoms with Gasteiger partial charge in [0.05, 0.1) is 15.5 Å². The molecule has 0 bridgehead atoms. The predicted octanol–water partition coefficient (Wildman–Crippen LogP) is 3.00. The summed E-state index contributed by atoms with van der Waals surface area (Å²) in [7, 11) is -2.83. The Kier molecular flexibility index (Phi) is 8.96. The zero-order chi connectivity index (χ0) is 27.0. The molecule has 1 unspecified atom stereocenters. The van der Waals surface area contributed by atoms with Gasteiger partial charge >= 0.3 is 0 Å². The Hall–Kier alpha value is -4.25. The molecule has 1 N–H and O–H groups in total. The van der Waals surface area contributed by atoms with Crippen molar-refractivity contribution in [2.75, 3.05) is 24.4 Å². The molecule has 0 aliphatic carbocycles. The SMILES string of the molecule is CNC(=O)C(C)N(CCc1ccccc1)C(=O)CN(c1cccc([N+](=O)[O-])c1)S(=O)(=O)c1ccccc1. The van der Waals surface area contributed by atoms with Crippen molar-refractivity contribution in [1.82, 2.24) is 10.2 Å². The average Bonchev–Trinajstić information content (AvgIpc) is 2.92. The molecule has 194 valence electrons. The van der Waals surface area contributed by atoms with Crippen molar-refractivity contribution in [3.63, 3.8) is 0 Å². The number of sulfonamides is 1.